The molecule has 2 unspecified atom stereocenters. The van der Waals surface area contributed by atoms with Crippen molar-refractivity contribution in [2.75, 3.05) is 19.5 Å². The maximum Gasteiger partial charge on any atom is 0.309 e. The summed E-state index contributed by atoms with van der Waals surface area (Å²) < 4.78 is 22.2. The molecule has 0 amide bonds. The van der Waals surface area contributed by atoms with E-state index in [9.17, 15) is 9.00 Å². The molecule has 0 saturated heterocycles. The molecule has 18 heavy (non-hydrogen) atoms. The number of carbonyl (C=O) groups is 1. The summed E-state index contributed by atoms with van der Waals surface area (Å²) in [5.74, 6) is 0.0995. The molecule has 0 spiro atoms. The van der Waals surface area contributed by atoms with Gasteiger partial charge in [-0.15, -0.1) is 0 Å². The van der Waals surface area contributed by atoms with Gasteiger partial charge in [0, 0.05) is 5.75 Å². The van der Waals surface area contributed by atoms with Gasteiger partial charge in [0.1, 0.15) is 5.75 Å². The fraction of sp³-hybridized carbons (Fsp3) is 0.462. The predicted molar refractivity (Wildman–Crippen MR) is 70.1 cm³/mol. The molecule has 0 heterocycles. The van der Waals surface area contributed by atoms with Crippen molar-refractivity contribution in [1.82, 2.24) is 0 Å². The number of hydrogen-bond donors (Lipinski definition) is 0. The third kappa shape index (κ3) is 3.84. The van der Waals surface area contributed by atoms with E-state index in [1.807, 2.05) is 6.07 Å². The van der Waals surface area contributed by atoms with Gasteiger partial charge in [-0.25, -0.2) is 0 Å². The topological polar surface area (TPSA) is 52.6 Å². The summed E-state index contributed by atoms with van der Waals surface area (Å²) in [4.78, 5) is 12.1. The Hall–Kier alpha value is -1.36. The monoisotopic (exact) mass is 270 g/mol. The zero-order chi connectivity index (χ0) is 13.5. The maximum absolute atomic E-state index is 12.2. The number of ether oxygens (including phenoxy) is 2. The van der Waals surface area contributed by atoms with Crippen molar-refractivity contribution >= 4 is 16.8 Å². The summed E-state index contributed by atoms with van der Waals surface area (Å²) in [7, 11) is 0.258. The first-order valence-corrected chi connectivity index (χ1v) is 7.10. The smallest absolute Gasteiger partial charge is 0.309 e. The van der Waals surface area contributed by atoms with Gasteiger partial charge in [0.25, 0.3) is 0 Å². The van der Waals surface area contributed by atoms with Gasteiger partial charge < -0.3 is 9.47 Å². The van der Waals surface area contributed by atoms with Crippen molar-refractivity contribution < 1.29 is 18.5 Å². The highest BCUT2D eigenvalue weighted by atomic mass is 32.2. The second kappa shape index (κ2) is 7.16. The average Bonchev–Trinajstić information content (AvgIpc) is 2.38. The van der Waals surface area contributed by atoms with Crippen LogP contribution in [0.3, 0.4) is 0 Å². The lowest BCUT2D eigenvalue weighted by Gasteiger charge is -2.12. The number of methoxy groups -OCH3 is 1. The van der Waals surface area contributed by atoms with Crippen LogP contribution in [0.15, 0.2) is 29.2 Å². The third-order valence-electron chi connectivity index (χ3n) is 2.40. The normalized spacial score (nSPS) is 13.7. The standard InChI is InChI=1S/C13H18O4S/c1-4-17-13(14)10(2)9-18(15)12-8-6-5-7-11(12)16-3/h5-8,10H,4,9H2,1-3H3. The zero-order valence-corrected chi connectivity index (χ0v) is 11.7. The van der Waals surface area contributed by atoms with Crippen LogP contribution in [0.2, 0.25) is 0 Å². The summed E-state index contributed by atoms with van der Waals surface area (Å²) in [5.41, 5.74) is 0. The number of para-hydroxylation sites is 1. The first-order chi connectivity index (χ1) is 8.60. The average molecular weight is 270 g/mol. The molecule has 1 aromatic carbocycles. The number of esters is 1. The van der Waals surface area contributed by atoms with Gasteiger partial charge in [-0.2, -0.15) is 0 Å². The Morgan fingerprint density at radius 3 is 2.67 bits per heavy atom. The predicted octanol–water partition coefficient (Wildman–Crippen LogP) is 2.00. The SMILES string of the molecule is CCOC(=O)C(C)CS(=O)c1ccccc1OC. The van der Waals surface area contributed by atoms with Gasteiger partial charge in [0.05, 0.1) is 35.3 Å². The fourth-order valence-electron chi connectivity index (χ4n) is 1.48. The van der Waals surface area contributed by atoms with Gasteiger partial charge in [0.2, 0.25) is 0 Å². The zero-order valence-electron chi connectivity index (χ0n) is 10.8. The Labute approximate surface area is 110 Å². The minimum Gasteiger partial charge on any atom is -0.495 e. The van der Waals surface area contributed by atoms with Crippen molar-refractivity contribution in [3.63, 3.8) is 0 Å². The quantitative estimate of drug-likeness (QED) is 0.742. The highest BCUT2D eigenvalue weighted by Crippen LogP contribution is 2.22. The van der Waals surface area contributed by atoms with Crippen molar-refractivity contribution in [3.8, 4) is 5.75 Å². The molecule has 5 heteroatoms. The van der Waals surface area contributed by atoms with Crippen molar-refractivity contribution in [1.29, 1.82) is 0 Å². The highest BCUT2D eigenvalue weighted by molar-refractivity contribution is 7.85. The highest BCUT2D eigenvalue weighted by Gasteiger charge is 2.19. The summed E-state index contributed by atoms with van der Waals surface area (Å²) in [5, 5.41) is 0. The van der Waals surface area contributed by atoms with E-state index in [1.165, 1.54) is 7.11 Å². The molecule has 0 bridgehead atoms. The van der Waals surface area contributed by atoms with Gasteiger partial charge in [-0.05, 0) is 19.1 Å². The molecule has 2 atom stereocenters. The summed E-state index contributed by atoms with van der Waals surface area (Å²) in [6.07, 6.45) is 0. The minimum atomic E-state index is -1.27. The van der Waals surface area contributed by atoms with Gasteiger partial charge in [0.15, 0.2) is 0 Å². The summed E-state index contributed by atoms with van der Waals surface area (Å²) >= 11 is 0. The lowest BCUT2D eigenvalue weighted by Crippen LogP contribution is -2.21. The van der Waals surface area contributed by atoms with E-state index in [2.05, 4.69) is 0 Å². The van der Waals surface area contributed by atoms with Gasteiger partial charge in [-0.1, -0.05) is 19.1 Å². The molecule has 0 N–H and O–H groups in total. The lowest BCUT2D eigenvalue weighted by molar-refractivity contribution is -0.146. The van der Waals surface area contributed by atoms with Gasteiger partial charge >= 0.3 is 5.97 Å². The Morgan fingerprint density at radius 2 is 2.06 bits per heavy atom. The van der Waals surface area contributed by atoms with Crippen LogP contribution in [-0.4, -0.2) is 29.6 Å². The maximum atomic E-state index is 12.2. The fourth-order valence-corrected chi connectivity index (χ4v) is 2.85. The Kier molecular flexibility index (Phi) is 5.85. The molecule has 1 rings (SSSR count). The Balaban J connectivity index is 2.73. The molecule has 0 aliphatic carbocycles. The molecule has 0 saturated carbocycles. The third-order valence-corrected chi connectivity index (χ3v) is 4.04. The van der Waals surface area contributed by atoms with E-state index >= 15 is 0 Å². The number of hydrogen-bond acceptors (Lipinski definition) is 4. The second-order valence-electron chi connectivity index (χ2n) is 3.82. The van der Waals surface area contributed by atoms with E-state index in [4.69, 9.17) is 9.47 Å². The molecular weight excluding hydrogens is 252 g/mol. The van der Waals surface area contributed by atoms with Crippen LogP contribution in [0.1, 0.15) is 13.8 Å². The summed E-state index contributed by atoms with van der Waals surface area (Å²) in [6, 6.07) is 7.11. The lowest BCUT2D eigenvalue weighted by atomic mass is 10.2. The first-order valence-electron chi connectivity index (χ1n) is 5.78. The first kappa shape index (κ1) is 14.7. The molecule has 1 aromatic rings. The van der Waals surface area contributed by atoms with Crippen LogP contribution in [0.4, 0.5) is 0 Å². The molecule has 0 aliphatic heterocycles. The van der Waals surface area contributed by atoms with Crippen LogP contribution in [0.25, 0.3) is 0 Å². The van der Waals surface area contributed by atoms with Crippen molar-refractivity contribution in [3.05, 3.63) is 24.3 Å². The summed E-state index contributed by atoms with van der Waals surface area (Å²) in [6.45, 7) is 3.80. The van der Waals surface area contributed by atoms with Crippen LogP contribution in [0, 0.1) is 5.92 Å². The van der Waals surface area contributed by atoms with E-state index in [1.54, 1.807) is 32.0 Å². The molecule has 0 aromatic heterocycles. The molecule has 4 nitrogen and oxygen atoms in total. The van der Waals surface area contributed by atoms with E-state index in [0.717, 1.165) is 0 Å². The molecule has 0 aliphatic rings. The van der Waals surface area contributed by atoms with Crippen LogP contribution >= 0.6 is 0 Å². The van der Waals surface area contributed by atoms with E-state index in [0.29, 0.717) is 17.3 Å². The molecule has 0 fully saturated rings. The molecule has 100 valence electrons. The number of rotatable bonds is 6. The van der Waals surface area contributed by atoms with Crippen LogP contribution in [-0.2, 0) is 20.3 Å². The second-order valence-corrected chi connectivity index (χ2v) is 5.28. The van der Waals surface area contributed by atoms with Crippen molar-refractivity contribution in [2.45, 2.75) is 18.7 Å². The minimum absolute atomic E-state index is 0.235. The van der Waals surface area contributed by atoms with Crippen molar-refractivity contribution in [2.24, 2.45) is 5.92 Å². The van der Waals surface area contributed by atoms with Crippen LogP contribution in [0.5, 0.6) is 5.75 Å². The number of benzene rings is 1. The Bertz CT molecular complexity index is 431. The van der Waals surface area contributed by atoms with E-state index < -0.39 is 16.7 Å². The van der Waals surface area contributed by atoms with Crippen LogP contribution < -0.4 is 4.74 Å². The molecule has 0 radical (unpaired) electrons. The van der Waals surface area contributed by atoms with Gasteiger partial charge in [-0.3, -0.25) is 9.00 Å². The number of carbonyl (C=O) groups excluding carboxylic acids is 1. The largest absolute Gasteiger partial charge is 0.495 e. The van der Waals surface area contributed by atoms with E-state index in [-0.39, 0.29) is 11.7 Å². The molecular formula is C13H18O4S. The Morgan fingerprint density at radius 1 is 1.39 bits per heavy atom.